The van der Waals surface area contributed by atoms with E-state index in [0.717, 1.165) is 29.3 Å². The molecular weight excluding hydrogens is 388 g/mol. The molecule has 1 saturated heterocycles. The predicted octanol–water partition coefficient (Wildman–Crippen LogP) is 3.75. The summed E-state index contributed by atoms with van der Waals surface area (Å²) in [6.07, 6.45) is 3.31. The van der Waals surface area contributed by atoms with Crippen molar-refractivity contribution in [1.82, 2.24) is 0 Å². The summed E-state index contributed by atoms with van der Waals surface area (Å²) >= 11 is 3.39. The van der Waals surface area contributed by atoms with Crippen LogP contribution in [-0.4, -0.2) is 24.8 Å². The van der Waals surface area contributed by atoms with Crippen LogP contribution in [0.5, 0.6) is 0 Å². The third-order valence-corrected chi connectivity index (χ3v) is 6.08. The number of carbonyl (C=O) groups is 3. The number of ketones is 1. The lowest BCUT2D eigenvalue weighted by molar-refractivity contribution is -0.199. The summed E-state index contributed by atoms with van der Waals surface area (Å²) in [7, 11) is 1.18. The number of halogens is 1. The molecule has 134 valence electrons. The maximum atomic E-state index is 13.5. The van der Waals surface area contributed by atoms with E-state index in [0.29, 0.717) is 12.8 Å². The highest BCUT2D eigenvalue weighted by Gasteiger charge is 2.66. The maximum absolute atomic E-state index is 13.5. The second kappa shape index (κ2) is 6.56. The van der Waals surface area contributed by atoms with Crippen LogP contribution in [0.1, 0.15) is 50.7 Å². The molecule has 2 fully saturated rings. The van der Waals surface area contributed by atoms with Gasteiger partial charge >= 0.3 is 11.9 Å². The van der Waals surface area contributed by atoms with Gasteiger partial charge in [0.25, 0.3) is 0 Å². The van der Waals surface area contributed by atoms with E-state index in [-0.39, 0.29) is 5.78 Å². The molecule has 0 N–H and O–H groups in total. The van der Waals surface area contributed by atoms with Gasteiger partial charge in [-0.2, -0.15) is 0 Å². The van der Waals surface area contributed by atoms with E-state index in [2.05, 4.69) is 15.9 Å². The average molecular weight is 409 g/mol. The molecule has 3 rings (SSSR count). The number of carbonyl (C=O) groups excluding carboxylic acids is 3. The zero-order valence-electron chi connectivity index (χ0n) is 14.3. The highest BCUT2D eigenvalue weighted by molar-refractivity contribution is 9.10. The Balaban J connectivity index is 2.11. The number of ether oxygens (including phenoxy) is 2. The number of rotatable bonds is 2. The Morgan fingerprint density at radius 3 is 2.32 bits per heavy atom. The second-order valence-corrected chi connectivity index (χ2v) is 7.92. The Kier molecular flexibility index (Phi) is 4.75. The SMILES string of the molecule is COC(=O)C1(C)C(=O)OC(c2ccc(Br)cc2)C2(CCCCC2)C1=O. The highest BCUT2D eigenvalue weighted by atomic mass is 79.9. The molecule has 1 saturated carbocycles. The standard InChI is InChI=1S/C19H21BrO5/c1-18(16(22)24-2)15(21)19(10-4-3-5-11-19)14(25-17(18)23)12-6-8-13(20)9-7-12/h6-9,14H,3-5,10-11H2,1-2H3. The van der Waals surface area contributed by atoms with Crippen molar-refractivity contribution in [3.05, 3.63) is 34.3 Å². The number of methoxy groups -OCH3 is 1. The Morgan fingerprint density at radius 1 is 1.16 bits per heavy atom. The van der Waals surface area contributed by atoms with Gasteiger partial charge in [0.15, 0.2) is 5.78 Å². The summed E-state index contributed by atoms with van der Waals surface area (Å²) < 4.78 is 11.4. The molecule has 0 amide bonds. The molecule has 1 aliphatic heterocycles. The van der Waals surface area contributed by atoms with Crippen LogP contribution in [0.25, 0.3) is 0 Å². The van der Waals surface area contributed by atoms with Gasteiger partial charge in [0.2, 0.25) is 5.41 Å². The Labute approximate surface area is 155 Å². The quantitative estimate of drug-likeness (QED) is 0.550. The molecular formula is C19H21BrO5. The first-order valence-electron chi connectivity index (χ1n) is 8.46. The fraction of sp³-hybridized carbons (Fsp3) is 0.526. The predicted molar refractivity (Wildman–Crippen MR) is 93.6 cm³/mol. The van der Waals surface area contributed by atoms with Crippen molar-refractivity contribution in [1.29, 1.82) is 0 Å². The average Bonchev–Trinajstić information content (AvgIpc) is 2.64. The molecule has 1 aromatic rings. The van der Waals surface area contributed by atoms with E-state index in [1.807, 2.05) is 24.3 Å². The van der Waals surface area contributed by atoms with Crippen molar-refractivity contribution in [2.75, 3.05) is 7.11 Å². The zero-order chi connectivity index (χ0) is 18.2. The third kappa shape index (κ3) is 2.71. The van der Waals surface area contributed by atoms with Gasteiger partial charge in [-0.3, -0.25) is 14.4 Å². The van der Waals surface area contributed by atoms with Crippen molar-refractivity contribution in [3.8, 4) is 0 Å². The van der Waals surface area contributed by atoms with Gasteiger partial charge in [-0.15, -0.1) is 0 Å². The third-order valence-electron chi connectivity index (χ3n) is 5.55. The lowest BCUT2D eigenvalue weighted by atomic mass is 9.58. The fourth-order valence-electron chi connectivity index (χ4n) is 4.12. The lowest BCUT2D eigenvalue weighted by Crippen LogP contribution is -2.60. The molecule has 1 heterocycles. The van der Waals surface area contributed by atoms with Crippen LogP contribution < -0.4 is 0 Å². The molecule has 6 heteroatoms. The number of benzene rings is 1. The highest BCUT2D eigenvalue weighted by Crippen LogP contribution is 2.55. The Morgan fingerprint density at radius 2 is 1.76 bits per heavy atom. The normalized spacial score (nSPS) is 28.5. The smallest absolute Gasteiger partial charge is 0.331 e. The van der Waals surface area contributed by atoms with Gasteiger partial charge in [0.05, 0.1) is 12.5 Å². The van der Waals surface area contributed by atoms with Crippen molar-refractivity contribution in [3.63, 3.8) is 0 Å². The van der Waals surface area contributed by atoms with E-state index in [9.17, 15) is 14.4 Å². The Bertz CT molecular complexity index is 705. The number of esters is 2. The molecule has 5 nitrogen and oxygen atoms in total. The summed E-state index contributed by atoms with van der Waals surface area (Å²) in [6.45, 7) is 1.33. The van der Waals surface area contributed by atoms with Crippen molar-refractivity contribution < 1.29 is 23.9 Å². The summed E-state index contributed by atoms with van der Waals surface area (Å²) in [5.41, 5.74) is -1.99. The van der Waals surface area contributed by atoms with Crippen LogP contribution in [-0.2, 0) is 23.9 Å². The molecule has 2 aliphatic rings. The zero-order valence-corrected chi connectivity index (χ0v) is 15.9. The first kappa shape index (κ1) is 18.1. The van der Waals surface area contributed by atoms with Crippen molar-refractivity contribution >= 4 is 33.7 Å². The minimum absolute atomic E-state index is 0.365. The number of hydrogen-bond acceptors (Lipinski definition) is 5. The molecule has 0 aromatic heterocycles. The van der Waals surface area contributed by atoms with Gasteiger partial charge < -0.3 is 9.47 Å². The van der Waals surface area contributed by atoms with Crippen LogP contribution in [0, 0.1) is 10.8 Å². The van der Waals surface area contributed by atoms with Crippen LogP contribution in [0.3, 0.4) is 0 Å². The first-order valence-corrected chi connectivity index (χ1v) is 9.25. The molecule has 2 unspecified atom stereocenters. The number of hydrogen-bond donors (Lipinski definition) is 0. The summed E-state index contributed by atoms with van der Waals surface area (Å²) in [6, 6.07) is 7.43. The van der Waals surface area contributed by atoms with E-state index in [4.69, 9.17) is 9.47 Å². The lowest BCUT2D eigenvalue weighted by Gasteiger charge is -2.48. The first-order chi connectivity index (χ1) is 11.9. The molecule has 1 aliphatic carbocycles. The van der Waals surface area contributed by atoms with Gasteiger partial charge in [0, 0.05) is 4.47 Å². The minimum atomic E-state index is -1.89. The minimum Gasteiger partial charge on any atom is -0.468 e. The fourth-order valence-corrected chi connectivity index (χ4v) is 4.39. The summed E-state index contributed by atoms with van der Waals surface area (Å²) in [4.78, 5) is 38.4. The topological polar surface area (TPSA) is 69.7 Å². The summed E-state index contributed by atoms with van der Waals surface area (Å²) in [5, 5.41) is 0. The van der Waals surface area contributed by atoms with Crippen molar-refractivity contribution in [2.45, 2.75) is 45.1 Å². The van der Waals surface area contributed by atoms with Gasteiger partial charge in [-0.1, -0.05) is 47.3 Å². The largest absolute Gasteiger partial charge is 0.468 e. The molecule has 25 heavy (non-hydrogen) atoms. The van der Waals surface area contributed by atoms with Crippen LogP contribution >= 0.6 is 15.9 Å². The van der Waals surface area contributed by atoms with E-state index >= 15 is 0 Å². The maximum Gasteiger partial charge on any atom is 0.331 e. The van der Waals surface area contributed by atoms with E-state index in [1.54, 1.807) is 0 Å². The van der Waals surface area contributed by atoms with Crippen LogP contribution in [0.15, 0.2) is 28.7 Å². The van der Waals surface area contributed by atoms with E-state index in [1.165, 1.54) is 14.0 Å². The molecule has 1 spiro atoms. The number of cyclic esters (lactones) is 1. The summed E-state index contributed by atoms with van der Waals surface area (Å²) in [5.74, 6) is -2.04. The monoisotopic (exact) mass is 408 g/mol. The Hall–Kier alpha value is -1.69. The molecule has 0 radical (unpaired) electrons. The second-order valence-electron chi connectivity index (χ2n) is 7.00. The molecule has 0 bridgehead atoms. The van der Waals surface area contributed by atoms with Crippen molar-refractivity contribution in [2.24, 2.45) is 10.8 Å². The molecule has 2 atom stereocenters. The van der Waals surface area contributed by atoms with Gasteiger partial charge in [-0.05, 0) is 37.5 Å². The molecule has 1 aromatic carbocycles. The van der Waals surface area contributed by atoms with E-state index < -0.39 is 28.9 Å². The van der Waals surface area contributed by atoms with Crippen LogP contribution in [0.2, 0.25) is 0 Å². The van der Waals surface area contributed by atoms with Gasteiger partial charge in [0.1, 0.15) is 6.10 Å². The number of Topliss-reactive ketones (excluding diaryl/α,β-unsaturated/α-hetero) is 1. The van der Waals surface area contributed by atoms with Crippen LogP contribution in [0.4, 0.5) is 0 Å². The van der Waals surface area contributed by atoms with Gasteiger partial charge in [-0.25, -0.2) is 0 Å².